The molecule has 24 heteroatoms. The van der Waals surface area contributed by atoms with Crippen LogP contribution in [0.2, 0.25) is 0 Å². The number of pyridine rings is 3. The van der Waals surface area contributed by atoms with E-state index in [1.165, 1.54) is 81.8 Å². The van der Waals surface area contributed by atoms with Crippen LogP contribution in [-0.4, -0.2) is 163 Å². The van der Waals surface area contributed by atoms with E-state index in [4.69, 9.17) is 23.7 Å². The van der Waals surface area contributed by atoms with Gasteiger partial charge in [-0.3, -0.25) is 14.4 Å². The second kappa shape index (κ2) is 43.2. The third-order valence-electron chi connectivity index (χ3n) is 26.7. The minimum absolute atomic E-state index is 0.0498. The quantitative estimate of drug-likeness (QED) is 0.0407. The Labute approximate surface area is 764 Å². The number of carboxylic acid groups (broad SMARTS) is 3. The van der Waals surface area contributed by atoms with Crippen LogP contribution in [-0.2, 0) is 42.9 Å². The van der Waals surface area contributed by atoms with Crippen molar-refractivity contribution >= 4 is 74.1 Å². The Hall–Kier alpha value is -11.5. The van der Waals surface area contributed by atoms with Gasteiger partial charge in [0.15, 0.2) is 0 Å². The summed E-state index contributed by atoms with van der Waals surface area (Å²) >= 11 is 0. The Morgan fingerprint density at radius 3 is 1.50 bits per heavy atom. The average molecular weight is 1790 g/mol. The van der Waals surface area contributed by atoms with E-state index in [0.717, 1.165) is 69.4 Å². The van der Waals surface area contributed by atoms with Crippen LogP contribution in [0.1, 0.15) is 200 Å². The number of methoxy groups -OCH3 is 3. The largest absolute Gasteiger partial charge is 0.478 e. The molecule has 0 spiro atoms. The zero-order valence-electron chi connectivity index (χ0n) is 78.4. The van der Waals surface area contributed by atoms with E-state index in [1.807, 2.05) is 114 Å². The number of aliphatic hydroxyl groups is 2. The number of carboxylic acids is 3. The molecule has 5 N–H and O–H groups in total. The smallest absolute Gasteiger partial charge is 0.336 e. The molecular formula is C107H123F3N4O17. The molecule has 3 aliphatic heterocycles. The second-order valence-corrected chi connectivity index (χ2v) is 36.4. The standard InChI is InChI=1S/C44H71NO11.C26H22FNO2.C19H16FNO2.C18H14FNO2/c1-11-32-19-25(2)18-26(3)20-37(53-9)40-38(54-10)22-29(6)44(51,56-40)41(48)42(49)45-17-13-12-14-33(45)43(50)55-39(30(7)34(46)24-35(32)47)28(5)21-31-16-15-27(4)36(23-31)52-8;1-14-11-15(2)23(16(3)12-14)18-5-7-19(8-6-18)25-17(4)24(26(29)30)21-13-20(27)9-10-22(21)28-25;1-10-4-5-13(8-11(10)2)18-12(3)17(19(22)23)15-9-14(20)6-7-16(15)21-18;1-10-3-5-12(6-4-10)17-11(2)16(18(21)22)14-9-13(19)7-8-15(14)20-17/h19,21,26-27,29-34,36-40,46,51H,11-18,20,22-24H2,1-10H3;5-13H,1-4H3,(H,29,30);4-9H,1-3H3,(H,22,23);3-9H,1-2H3,(H,21,22)/b25-19+,28-21+;;;/t26-,27+,29+,30+,31-,32+,33-,34-,36+,37-,38-,39+,40+,44+;;;/m0.../s1. The molecule has 3 fully saturated rings. The molecule has 3 aromatic heterocycles. The van der Waals surface area contributed by atoms with Crippen molar-refractivity contribution in [2.45, 2.75) is 230 Å². The highest BCUT2D eigenvalue weighted by atomic mass is 19.1. The number of hydrogen-bond donors (Lipinski definition) is 5. The van der Waals surface area contributed by atoms with E-state index in [9.17, 15) is 72.3 Å². The second-order valence-electron chi connectivity index (χ2n) is 36.4. The van der Waals surface area contributed by atoms with Crippen LogP contribution in [0.15, 0.2) is 157 Å². The molecular weight excluding hydrogens is 1670 g/mol. The number of allylic oxidation sites excluding steroid dienone is 3. The molecule has 14 rings (SSSR count). The molecule has 21 nitrogen and oxygen atoms in total. The minimum atomic E-state index is -2.48. The molecule has 2 saturated heterocycles. The number of halogens is 3. The number of aromatic nitrogens is 3. The lowest BCUT2D eigenvalue weighted by molar-refractivity contribution is -0.302. The average Bonchev–Trinajstić information content (AvgIpc) is 0.875. The van der Waals surface area contributed by atoms with Crippen LogP contribution in [0.25, 0.3) is 77.6 Å². The summed E-state index contributed by atoms with van der Waals surface area (Å²) in [7, 11) is 4.81. The summed E-state index contributed by atoms with van der Waals surface area (Å²) in [5.74, 6) is -11.4. The number of esters is 1. The van der Waals surface area contributed by atoms with Gasteiger partial charge in [0, 0.05) is 84.9 Å². The first-order valence-electron chi connectivity index (χ1n) is 45.0. The van der Waals surface area contributed by atoms with E-state index in [1.54, 1.807) is 55.9 Å². The van der Waals surface area contributed by atoms with E-state index < -0.39 is 113 Å². The SMILES string of the molecule is CC[C@@H]1/C=C(\C)C[C@H](C)C[C@H](OC)[C@H]2O[C@@](O)(C(=O)C(=O)N3CCCC[C@H]3C(=O)O[C@H](/C(C)=C/[C@@H]3CC[C@@H](C)[C@H](OC)C3)[C@H](C)[C@@H](O)CC1=O)[C@H](C)C[C@@H]2OC.Cc1cc(C)c(-c2ccc(-c3nc4ccc(F)cc4c(C(=O)O)c3C)cc2)c(C)c1.Cc1ccc(-c2nc3ccc(F)cc3c(C(=O)O)c2C)cc1.Cc1ccc(-c2nc3ccc(F)cc3c(C(=O)O)c2C)cc1C. The summed E-state index contributed by atoms with van der Waals surface area (Å²) in [6, 6.07) is 37.0. The highest BCUT2D eigenvalue weighted by Crippen LogP contribution is 2.43. The van der Waals surface area contributed by atoms with Crippen molar-refractivity contribution in [2.75, 3.05) is 27.9 Å². The molecule has 0 radical (unpaired) electrons. The van der Waals surface area contributed by atoms with Crippen molar-refractivity contribution in [3.63, 3.8) is 0 Å². The number of carbonyl (C=O) groups is 7. The van der Waals surface area contributed by atoms with Crippen LogP contribution in [0.4, 0.5) is 13.2 Å². The highest BCUT2D eigenvalue weighted by molar-refractivity contribution is 6.39. The Bertz CT molecular complexity index is 5990. The first-order valence-corrected chi connectivity index (χ1v) is 45.0. The van der Waals surface area contributed by atoms with Crippen LogP contribution < -0.4 is 0 Å². The first kappa shape index (κ1) is 100. The number of piperidine rings is 1. The number of aryl methyl sites for hydroxylation is 6. The zero-order valence-corrected chi connectivity index (χ0v) is 78.4. The fourth-order valence-electron chi connectivity index (χ4n) is 19.3. The topological polar surface area (TPSA) is 309 Å². The molecule has 0 unspecified atom stereocenters. The Kier molecular flexibility index (Phi) is 33.0. The van der Waals surface area contributed by atoms with E-state index in [0.29, 0.717) is 105 Å². The fraction of sp³-hybridized carbons (Fsp3) is 0.421. The van der Waals surface area contributed by atoms with Gasteiger partial charge in [-0.2, -0.15) is 0 Å². The van der Waals surface area contributed by atoms with Crippen molar-refractivity contribution < 1.29 is 95.9 Å². The molecule has 1 amide bonds. The first-order chi connectivity index (χ1) is 62.1. The number of Topliss-reactive ketones (excluding diaryl/α,β-unsaturated/α-hetero) is 2. The van der Waals surface area contributed by atoms with Gasteiger partial charge >= 0.3 is 23.9 Å². The lowest BCUT2D eigenvalue weighted by atomic mass is 9.79. The summed E-state index contributed by atoms with van der Waals surface area (Å²) in [5.41, 5.74) is 18.8. The molecule has 694 valence electrons. The van der Waals surface area contributed by atoms with Crippen molar-refractivity contribution in [3.8, 4) is 44.9 Å². The van der Waals surface area contributed by atoms with Crippen LogP contribution in [0.3, 0.4) is 0 Å². The monoisotopic (exact) mass is 1790 g/mol. The van der Waals surface area contributed by atoms with E-state index in [2.05, 4.69) is 67.8 Å². The Morgan fingerprint density at radius 2 is 1.02 bits per heavy atom. The van der Waals surface area contributed by atoms with Gasteiger partial charge in [-0.15, -0.1) is 0 Å². The molecule has 131 heavy (non-hydrogen) atoms. The van der Waals surface area contributed by atoms with E-state index in [-0.39, 0.29) is 66.2 Å². The van der Waals surface area contributed by atoms with Gasteiger partial charge in [0.05, 0.1) is 74.7 Å². The number of aliphatic hydroxyl groups excluding tert-OH is 1. The van der Waals surface area contributed by atoms with Crippen molar-refractivity contribution in [1.29, 1.82) is 0 Å². The van der Waals surface area contributed by atoms with Crippen molar-refractivity contribution in [2.24, 2.45) is 35.5 Å². The van der Waals surface area contributed by atoms with Gasteiger partial charge in [0.25, 0.3) is 11.7 Å². The zero-order chi connectivity index (χ0) is 95.6. The van der Waals surface area contributed by atoms with E-state index >= 15 is 0 Å². The molecule has 1 aliphatic carbocycles. The third-order valence-corrected chi connectivity index (χ3v) is 26.7. The summed E-state index contributed by atoms with van der Waals surface area (Å²) in [6.07, 6.45) is 6.13. The maximum Gasteiger partial charge on any atom is 0.336 e. The lowest BCUT2D eigenvalue weighted by Gasteiger charge is -2.47. The lowest BCUT2D eigenvalue weighted by Crippen LogP contribution is -2.64. The minimum Gasteiger partial charge on any atom is -0.478 e. The molecule has 6 heterocycles. The van der Waals surface area contributed by atoms with Gasteiger partial charge in [-0.25, -0.2) is 47.3 Å². The van der Waals surface area contributed by atoms with Gasteiger partial charge < -0.3 is 54.1 Å². The highest BCUT2D eigenvalue weighted by Gasteiger charge is 2.57. The molecule has 10 aromatic rings. The summed E-state index contributed by atoms with van der Waals surface area (Å²) in [6.45, 7) is 31.1. The number of ketones is 2. The number of benzene rings is 7. The molecule has 14 atom stereocenters. The van der Waals surface area contributed by atoms with Gasteiger partial charge in [-0.1, -0.05) is 136 Å². The summed E-state index contributed by atoms with van der Waals surface area (Å²) in [4.78, 5) is 107. The van der Waals surface area contributed by atoms with Crippen molar-refractivity contribution in [1.82, 2.24) is 19.9 Å². The Balaban J connectivity index is 0.000000184. The maximum atomic E-state index is 14.3. The van der Waals surface area contributed by atoms with Gasteiger partial charge in [0.2, 0.25) is 5.79 Å². The van der Waals surface area contributed by atoms with Gasteiger partial charge in [0.1, 0.15) is 41.5 Å². The van der Waals surface area contributed by atoms with Crippen LogP contribution in [0, 0.1) is 115 Å². The third kappa shape index (κ3) is 22.8. The summed E-state index contributed by atoms with van der Waals surface area (Å²) < 4.78 is 70.7. The number of rotatable bonds is 13. The molecule has 2 bridgehead atoms. The fourth-order valence-corrected chi connectivity index (χ4v) is 19.3. The number of aromatic carboxylic acids is 3. The molecule has 4 aliphatic rings. The molecule has 1 saturated carbocycles. The number of cyclic esters (lactones) is 1. The number of nitrogens with zero attached hydrogens (tertiary/aromatic N) is 4. The number of amides is 1. The predicted octanol–water partition coefficient (Wildman–Crippen LogP) is 21.4. The number of ether oxygens (including phenoxy) is 5. The Morgan fingerprint density at radius 1 is 0.542 bits per heavy atom. The number of fused-ring (bicyclic) bond motifs is 6. The normalized spacial score (nSPS) is 24.1. The van der Waals surface area contributed by atoms with Gasteiger partial charge in [-0.05, 0) is 274 Å². The number of hydrogen-bond acceptors (Lipinski definition) is 17. The predicted molar refractivity (Wildman–Crippen MR) is 502 cm³/mol. The van der Waals surface area contributed by atoms with Crippen molar-refractivity contribution in [3.05, 3.63) is 241 Å². The van der Waals surface area contributed by atoms with Crippen LogP contribution >= 0.6 is 0 Å². The number of carbonyl (C=O) groups excluding carboxylic acids is 4. The van der Waals surface area contributed by atoms with Crippen LogP contribution in [0.5, 0.6) is 0 Å². The maximum absolute atomic E-state index is 14.3. The summed E-state index contributed by atoms with van der Waals surface area (Å²) in [5, 5.41) is 53.5. The molecule has 7 aromatic carbocycles.